The number of benzene rings is 1. The second-order valence-electron chi connectivity index (χ2n) is 5.59. The van der Waals surface area contributed by atoms with Crippen LogP contribution >= 0.6 is 10.7 Å². The fraction of sp³-hybridized carbons (Fsp3) is 0.533. The summed E-state index contributed by atoms with van der Waals surface area (Å²) < 4.78 is 28.9. The molecule has 0 bridgehead atoms. The van der Waals surface area contributed by atoms with E-state index in [0.29, 0.717) is 22.3 Å². The summed E-state index contributed by atoms with van der Waals surface area (Å²) in [5, 5.41) is 0. The minimum atomic E-state index is -3.90. The molecule has 6 heteroatoms. The fourth-order valence-electron chi connectivity index (χ4n) is 3.07. The van der Waals surface area contributed by atoms with Crippen LogP contribution in [0.1, 0.15) is 52.7 Å². The Balaban J connectivity index is 2.45. The van der Waals surface area contributed by atoms with Crippen LogP contribution in [0.3, 0.4) is 0 Å². The Morgan fingerprint density at radius 3 is 2.29 bits per heavy atom. The molecule has 0 N–H and O–H groups in total. The summed E-state index contributed by atoms with van der Waals surface area (Å²) >= 11 is 0. The number of halogens is 1. The highest BCUT2D eigenvalue weighted by atomic mass is 35.7. The summed E-state index contributed by atoms with van der Waals surface area (Å²) in [4.78, 5) is 12.4. The minimum Gasteiger partial charge on any atom is -0.459 e. The minimum absolute atomic E-state index is 0.00754. The van der Waals surface area contributed by atoms with Crippen molar-refractivity contribution in [2.45, 2.75) is 57.5 Å². The Labute approximate surface area is 129 Å². The molecular formula is C15H19ClO4S. The van der Waals surface area contributed by atoms with Crippen molar-refractivity contribution in [3.8, 4) is 0 Å². The van der Waals surface area contributed by atoms with Crippen LogP contribution in [0.15, 0.2) is 11.0 Å². The van der Waals surface area contributed by atoms with Crippen LogP contribution < -0.4 is 0 Å². The highest BCUT2D eigenvalue weighted by Crippen LogP contribution is 2.30. The van der Waals surface area contributed by atoms with Crippen LogP contribution in [0.25, 0.3) is 0 Å². The number of hydrogen-bond acceptors (Lipinski definition) is 4. The van der Waals surface area contributed by atoms with Gasteiger partial charge in [0.1, 0.15) is 6.10 Å². The Kier molecular flexibility index (Phi) is 4.63. The summed E-state index contributed by atoms with van der Waals surface area (Å²) in [5.41, 5.74) is 1.92. The van der Waals surface area contributed by atoms with Gasteiger partial charge in [0.05, 0.1) is 10.5 Å². The predicted octanol–water partition coefficient (Wildman–Crippen LogP) is 3.64. The van der Waals surface area contributed by atoms with Crippen LogP contribution in [0, 0.1) is 20.8 Å². The summed E-state index contributed by atoms with van der Waals surface area (Å²) in [5.74, 6) is -0.460. The van der Waals surface area contributed by atoms with E-state index in [1.165, 1.54) is 0 Å². The van der Waals surface area contributed by atoms with E-state index in [4.69, 9.17) is 15.4 Å². The summed E-state index contributed by atoms with van der Waals surface area (Å²) in [6.07, 6.45) is 3.80. The van der Waals surface area contributed by atoms with Crippen molar-refractivity contribution >= 4 is 25.7 Å². The van der Waals surface area contributed by atoms with Gasteiger partial charge in [0.15, 0.2) is 0 Å². The average molecular weight is 331 g/mol. The van der Waals surface area contributed by atoms with Gasteiger partial charge in [0.25, 0.3) is 9.05 Å². The molecule has 1 saturated carbocycles. The number of hydrogen-bond donors (Lipinski definition) is 0. The number of esters is 1. The third-order valence-corrected chi connectivity index (χ3v) is 5.50. The second-order valence-corrected chi connectivity index (χ2v) is 8.09. The summed E-state index contributed by atoms with van der Waals surface area (Å²) in [6.45, 7) is 5.04. The number of rotatable bonds is 3. The normalized spacial score (nSPS) is 16.2. The highest BCUT2D eigenvalue weighted by Gasteiger charge is 2.27. The van der Waals surface area contributed by atoms with Crippen LogP contribution in [0.2, 0.25) is 0 Å². The molecule has 0 heterocycles. The van der Waals surface area contributed by atoms with Crippen LogP contribution in [0.5, 0.6) is 0 Å². The first-order valence-corrected chi connectivity index (χ1v) is 9.29. The van der Waals surface area contributed by atoms with Crippen molar-refractivity contribution in [1.29, 1.82) is 0 Å². The second kappa shape index (κ2) is 5.97. The molecule has 116 valence electrons. The first-order chi connectivity index (χ1) is 9.71. The summed E-state index contributed by atoms with van der Waals surface area (Å²) in [7, 11) is 1.59. The monoisotopic (exact) mass is 330 g/mol. The molecule has 1 aliphatic rings. The van der Waals surface area contributed by atoms with Gasteiger partial charge in [-0.3, -0.25) is 0 Å². The van der Waals surface area contributed by atoms with Gasteiger partial charge < -0.3 is 4.74 Å². The van der Waals surface area contributed by atoms with Gasteiger partial charge in [-0.1, -0.05) is 6.07 Å². The molecule has 1 aromatic rings. The number of carbonyl (C=O) groups is 1. The molecule has 1 aromatic carbocycles. The van der Waals surface area contributed by atoms with E-state index in [1.54, 1.807) is 26.8 Å². The van der Waals surface area contributed by atoms with Crippen LogP contribution in [-0.4, -0.2) is 20.5 Å². The lowest BCUT2D eigenvalue weighted by atomic mass is 9.99. The third-order valence-electron chi connectivity index (χ3n) is 3.92. The lowest BCUT2D eigenvalue weighted by Gasteiger charge is -2.17. The topological polar surface area (TPSA) is 60.4 Å². The fourth-order valence-corrected chi connectivity index (χ4v) is 4.70. The predicted molar refractivity (Wildman–Crippen MR) is 81.4 cm³/mol. The zero-order valence-electron chi connectivity index (χ0n) is 12.4. The SMILES string of the molecule is Cc1cc(C)c(S(=O)(=O)Cl)c(C)c1C(=O)OC1CCCC1. The molecule has 2 rings (SSSR count). The smallest absolute Gasteiger partial charge is 0.338 e. The molecule has 0 spiro atoms. The van der Waals surface area contributed by atoms with Gasteiger partial charge >= 0.3 is 5.97 Å². The van der Waals surface area contributed by atoms with Gasteiger partial charge in [-0.25, -0.2) is 13.2 Å². The maximum absolute atomic E-state index is 12.4. The standard InChI is InChI=1S/C15H19ClO4S/c1-9-8-10(2)14(21(16,18)19)11(3)13(9)15(17)20-12-6-4-5-7-12/h8,12H,4-7H2,1-3H3. The summed E-state index contributed by atoms with van der Waals surface area (Å²) in [6, 6.07) is 1.66. The molecule has 0 amide bonds. The van der Waals surface area contributed by atoms with E-state index >= 15 is 0 Å². The molecule has 0 aliphatic heterocycles. The van der Waals surface area contributed by atoms with Crippen LogP contribution in [-0.2, 0) is 13.8 Å². The Morgan fingerprint density at radius 1 is 1.19 bits per heavy atom. The lowest BCUT2D eigenvalue weighted by molar-refractivity contribution is 0.0316. The van der Waals surface area contributed by atoms with E-state index in [0.717, 1.165) is 25.7 Å². The first kappa shape index (κ1) is 16.3. The van der Waals surface area contributed by atoms with Gasteiger partial charge in [-0.2, -0.15) is 0 Å². The molecule has 0 atom stereocenters. The first-order valence-electron chi connectivity index (χ1n) is 6.98. The molecule has 0 radical (unpaired) electrons. The largest absolute Gasteiger partial charge is 0.459 e. The van der Waals surface area contributed by atoms with E-state index in [9.17, 15) is 13.2 Å². The van der Waals surface area contributed by atoms with Gasteiger partial charge in [0.2, 0.25) is 0 Å². The molecule has 1 fully saturated rings. The molecule has 0 aromatic heterocycles. The van der Waals surface area contributed by atoms with Crippen molar-refractivity contribution in [3.63, 3.8) is 0 Å². The van der Waals surface area contributed by atoms with Crippen LogP contribution in [0.4, 0.5) is 0 Å². The maximum Gasteiger partial charge on any atom is 0.338 e. The Hall–Kier alpha value is -1.07. The van der Waals surface area contributed by atoms with Crippen molar-refractivity contribution in [2.24, 2.45) is 0 Å². The van der Waals surface area contributed by atoms with Gasteiger partial charge in [-0.05, 0) is 63.1 Å². The molecule has 0 unspecified atom stereocenters. The molecule has 0 saturated heterocycles. The Morgan fingerprint density at radius 2 is 1.76 bits per heavy atom. The van der Waals surface area contributed by atoms with E-state index in [2.05, 4.69) is 0 Å². The Bertz CT molecular complexity index is 673. The van der Waals surface area contributed by atoms with E-state index in [1.807, 2.05) is 0 Å². The van der Waals surface area contributed by atoms with E-state index in [-0.39, 0.29) is 11.0 Å². The van der Waals surface area contributed by atoms with Gasteiger partial charge in [0, 0.05) is 10.7 Å². The molecule has 4 nitrogen and oxygen atoms in total. The van der Waals surface area contributed by atoms with Crippen molar-refractivity contribution in [2.75, 3.05) is 0 Å². The van der Waals surface area contributed by atoms with E-state index < -0.39 is 15.0 Å². The van der Waals surface area contributed by atoms with Crippen molar-refractivity contribution < 1.29 is 17.9 Å². The quantitative estimate of drug-likeness (QED) is 0.627. The highest BCUT2D eigenvalue weighted by molar-refractivity contribution is 8.13. The zero-order chi connectivity index (χ0) is 15.8. The molecular weight excluding hydrogens is 312 g/mol. The third kappa shape index (κ3) is 3.40. The lowest BCUT2D eigenvalue weighted by Crippen LogP contribution is -2.18. The van der Waals surface area contributed by atoms with Crippen molar-refractivity contribution in [1.82, 2.24) is 0 Å². The number of carbonyl (C=O) groups excluding carboxylic acids is 1. The maximum atomic E-state index is 12.4. The number of ether oxygens (including phenoxy) is 1. The van der Waals surface area contributed by atoms with Crippen molar-refractivity contribution in [3.05, 3.63) is 28.3 Å². The zero-order valence-corrected chi connectivity index (χ0v) is 14.0. The average Bonchev–Trinajstić information content (AvgIpc) is 2.78. The number of aryl methyl sites for hydroxylation is 2. The molecule has 1 aliphatic carbocycles. The molecule has 21 heavy (non-hydrogen) atoms. The van der Waals surface area contributed by atoms with Gasteiger partial charge in [-0.15, -0.1) is 0 Å².